The molecular weight excluding hydrogens is 559 g/mol. The van der Waals surface area contributed by atoms with E-state index in [1.165, 1.54) is 19.3 Å². The zero-order valence-electron chi connectivity index (χ0n) is 23.2. The smallest absolute Gasteiger partial charge is 0.258 e. The van der Waals surface area contributed by atoms with Crippen molar-refractivity contribution >= 4 is 29.1 Å². The number of morpholine rings is 1. The average Bonchev–Trinajstić information content (AvgIpc) is 3.37. The number of hydrogen-bond donors (Lipinski definition) is 1. The van der Waals surface area contributed by atoms with E-state index < -0.39 is 0 Å². The summed E-state index contributed by atoms with van der Waals surface area (Å²) in [6, 6.07) is 13.4. The van der Waals surface area contributed by atoms with Crippen molar-refractivity contribution in [2.75, 3.05) is 39.5 Å². The normalized spacial score (nSPS) is 27.2. The van der Waals surface area contributed by atoms with Crippen LogP contribution in [0.3, 0.4) is 0 Å². The standard InChI is InChI=1S/C32H36Cl2N4O3/c33-27-2-1-3-28(34)29(27)24-4-6-25(7-5-24)38-31(41-13-10-37-8-11-40-12-9-37)26(20-35-38)30(39)36-32-17-21-14-22(18-32)16-23(15-21)19-32/h1-7,20-23H,8-19H2,(H,36,39). The Morgan fingerprint density at radius 1 is 0.976 bits per heavy atom. The van der Waals surface area contributed by atoms with Crippen LogP contribution in [0.1, 0.15) is 48.9 Å². The number of halogens is 2. The van der Waals surface area contributed by atoms with Gasteiger partial charge in [0.25, 0.3) is 5.91 Å². The van der Waals surface area contributed by atoms with Gasteiger partial charge in [-0.1, -0.05) is 41.4 Å². The number of carbonyl (C=O) groups is 1. The van der Waals surface area contributed by atoms with Gasteiger partial charge in [0.15, 0.2) is 0 Å². The molecule has 1 aliphatic heterocycles. The molecule has 9 heteroatoms. The first-order chi connectivity index (χ1) is 20.0. The van der Waals surface area contributed by atoms with E-state index in [9.17, 15) is 4.79 Å². The van der Waals surface area contributed by atoms with Crippen LogP contribution in [0, 0.1) is 17.8 Å². The van der Waals surface area contributed by atoms with Crippen molar-refractivity contribution in [1.29, 1.82) is 0 Å². The molecule has 4 aliphatic carbocycles. The van der Waals surface area contributed by atoms with Crippen molar-refractivity contribution in [3.63, 3.8) is 0 Å². The van der Waals surface area contributed by atoms with Gasteiger partial charge in [-0.25, -0.2) is 4.68 Å². The van der Waals surface area contributed by atoms with E-state index in [0.29, 0.717) is 28.1 Å². The minimum Gasteiger partial charge on any atom is -0.476 e. The molecular formula is C32H36Cl2N4O3. The summed E-state index contributed by atoms with van der Waals surface area (Å²) in [7, 11) is 0. The zero-order chi connectivity index (χ0) is 28.0. The van der Waals surface area contributed by atoms with E-state index in [4.69, 9.17) is 32.7 Å². The predicted molar refractivity (Wildman–Crippen MR) is 160 cm³/mol. The van der Waals surface area contributed by atoms with Gasteiger partial charge in [-0.2, -0.15) is 5.10 Å². The Balaban J connectivity index is 1.15. The molecule has 0 atom stereocenters. The summed E-state index contributed by atoms with van der Waals surface area (Å²) in [6.07, 6.45) is 8.93. The van der Waals surface area contributed by atoms with E-state index in [2.05, 4.69) is 15.3 Å². The van der Waals surface area contributed by atoms with Crippen molar-refractivity contribution < 1.29 is 14.3 Å². The van der Waals surface area contributed by atoms with E-state index in [-0.39, 0.29) is 11.4 Å². The molecule has 7 nitrogen and oxygen atoms in total. The fraction of sp³-hybridized carbons (Fsp3) is 0.500. The van der Waals surface area contributed by atoms with Crippen LogP contribution in [0.2, 0.25) is 10.0 Å². The number of ether oxygens (including phenoxy) is 2. The van der Waals surface area contributed by atoms with Crippen molar-refractivity contribution in [3.8, 4) is 22.7 Å². The quantitative estimate of drug-likeness (QED) is 0.333. The zero-order valence-corrected chi connectivity index (χ0v) is 24.7. The lowest BCUT2D eigenvalue weighted by molar-refractivity contribution is -0.0167. The van der Waals surface area contributed by atoms with E-state index in [1.807, 2.05) is 42.5 Å². The van der Waals surface area contributed by atoms with Gasteiger partial charge in [0.1, 0.15) is 12.2 Å². The minimum atomic E-state index is -0.0884. The molecule has 4 saturated carbocycles. The van der Waals surface area contributed by atoms with Crippen LogP contribution in [0.15, 0.2) is 48.7 Å². The molecule has 0 radical (unpaired) electrons. The van der Waals surface area contributed by atoms with Gasteiger partial charge in [0.05, 0.1) is 25.1 Å². The molecule has 1 saturated heterocycles. The second kappa shape index (κ2) is 11.3. The fourth-order valence-corrected chi connectivity index (χ4v) is 8.64. The molecule has 1 aromatic heterocycles. The van der Waals surface area contributed by atoms with Crippen LogP contribution >= 0.6 is 23.2 Å². The lowest BCUT2D eigenvalue weighted by Gasteiger charge is -2.56. The molecule has 5 fully saturated rings. The number of nitrogens with one attached hydrogen (secondary N) is 1. The van der Waals surface area contributed by atoms with E-state index >= 15 is 0 Å². The van der Waals surface area contributed by atoms with Crippen molar-refractivity contribution in [2.24, 2.45) is 17.8 Å². The first-order valence-corrected chi connectivity index (χ1v) is 15.6. The highest BCUT2D eigenvalue weighted by Gasteiger charge is 2.51. The topological polar surface area (TPSA) is 68.6 Å². The molecule has 4 bridgehead atoms. The van der Waals surface area contributed by atoms with Crippen LogP contribution in [0.25, 0.3) is 16.8 Å². The Bertz CT molecular complexity index is 1360. The first-order valence-electron chi connectivity index (χ1n) is 14.8. The maximum absolute atomic E-state index is 13.9. The van der Waals surface area contributed by atoms with Crippen molar-refractivity contribution in [1.82, 2.24) is 20.0 Å². The number of nitrogens with zero attached hydrogens (tertiary/aromatic N) is 3. The van der Waals surface area contributed by atoms with Gasteiger partial charge in [-0.05, 0) is 86.1 Å². The summed E-state index contributed by atoms with van der Waals surface area (Å²) in [4.78, 5) is 16.2. The number of hydrogen-bond acceptors (Lipinski definition) is 5. The third kappa shape index (κ3) is 5.50. The summed E-state index contributed by atoms with van der Waals surface area (Å²) in [5, 5.41) is 9.34. The summed E-state index contributed by atoms with van der Waals surface area (Å²) in [5.41, 5.74) is 2.90. The van der Waals surface area contributed by atoms with Crippen molar-refractivity contribution in [3.05, 3.63) is 64.3 Å². The lowest BCUT2D eigenvalue weighted by atomic mass is 9.53. The molecule has 0 spiro atoms. The summed E-state index contributed by atoms with van der Waals surface area (Å²) in [6.45, 7) is 4.45. The molecule has 3 aromatic rings. The molecule has 2 heterocycles. The van der Waals surface area contributed by atoms with Gasteiger partial charge in [-0.3, -0.25) is 9.69 Å². The van der Waals surface area contributed by atoms with E-state index in [1.54, 1.807) is 10.9 Å². The molecule has 1 N–H and O–H groups in total. The van der Waals surface area contributed by atoms with Crippen LogP contribution < -0.4 is 10.1 Å². The van der Waals surface area contributed by atoms with Crippen LogP contribution in [0.5, 0.6) is 5.88 Å². The number of rotatable bonds is 8. The predicted octanol–water partition coefficient (Wildman–Crippen LogP) is 6.26. The number of benzene rings is 2. The highest BCUT2D eigenvalue weighted by Crippen LogP contribution is 2.55. The van der Waals surface area contributed by atoms with Gasteiger partial charge in [-0.15, -0.1) is 0 Å². The Kier molecular flexibility index (Phi) is 7.48. The Morgan fingerprint density at radius 2 is 1.61 bits per heavy atom. The second-order valence-electron chi connectivity index (χ2n) is 12.4. The highest BCUT2D eigenvalue weighted by molar-refractivity contribution is 6.39. The third-order valence-electron chi connectivity index (χ3n) is 9.50. The maximum atomic E-state index is 13.9. The highest BCUT2D eigenvalue weighted by atomic mass is 35.5. The molecule has 216 valence electrons. The SMILES string of the molecule is O=C(NC12CC3CC(CC(C3)C1)C2)c1cnn(-c2ccc(-c3c(Cl)cccc3Cl)cc2)c1OCCN1CCOCC1. The summed E-state index contributed by atoms with van der Waals surface area (Å²) in [5.74, 6) is 2.64. The largest absolute Gasteiger partial charge is 0.476 e. The lowest BCUT2D eigenvalue weighted by Crippen LogP contribution is -2.59. The second-order valence-corrected chi connectivity index (χ2v) is 13.2. The molecule has 1 amide bonds. The van der Waals surface area contributed by atoms with E-state index in [0.717, 1.165) is 86.7 Å². The monoisotopic (exact) mass is 594 g/mol. The van der Waals surface area contributed by atoms with Crippen molar-refractivity contribution in [2.45, 2.75) is 44.1 Å². The summed E-state index contributed by atoms with van der Waals surface area (Å²) >= 11 is 12.9. The van der Waals surface area contributed by atoms with Gasteiger partial charge >= 0.3 is 0 Å². The van der Waals surface area contributed by atoms with Gasteiger partial charge in [0, 0.05) is 40.8 Å². The third-order valence-corrected chi connectivity index (χ3v) is 10.1. The molecule has 5 aliphatic rings. The van der Waals surface area contributed by atoms with Crippen LogP contribution in [-0.2, 0) is 4.74 Å². The van der Waals surface area contributed by atoms with Gasteiger partial charge < -0.3 is 14.8 Å². The molecule has 0 unspecified atom stereocenters. The van der Waals surface area contributed by atoms with Crippen LogP contribution in [-0.4, -0.2) is 65.6 Å². The minimum absolute atomic E-state index is 0.0842. The number of carbonyl (C=O) groups excluding carboxylic acids is 1. The fourth-order valence-electron chi connectivity index (χ4n) is 8.03. The van der Waals surface area contributed by atoms with Crippen LogP contribution in [0.4, 0.5) is 0 Å². The molecule has 41 heavy (non-hydrogen) atoms. The number of aromatic nitrogens is 2. The van der Waals surface area contributed by atoms with Gasteiger partial charge in [0.2, 0.25) is 5.88 Å². The number of amides is 1. The Morgan fingerprint density at radius 3 is 2.24 bits per heavy atom. The first kappa shape index (κ1) is 27.3. The molecule has 2 aromatic carbocycles. The summed E-state index contributed by atoms with van der Waals surface area (Å²) < 4.78 is 13.6. The maximum Gasteiger partial charge on any atom is 0.258 e. The average molecular weight is 596 g/mol. The Hall–Kier alpha value is -2.58. The molecule has 8 rings (SSSR count). The Labute approximate surface area is 251 Å².